The summed E-state index contributed by atoms with van der Waals surface area (Å²) < 4.78 is 79.5. The summed E-state index contributed by atoms with van der Waals surface area (Å²) in [6, 6.07) is 9.73. The van der Waals surface area contributed by atoms with E-state index in [4.69, 9.17) is 22.4 Å². The van der Waals surface area contributed by atoms with Gasteiger partial charge >= 0.3 is 0 Å². The van der Waals surface area contributed by atoms with Crippen molar-refractivity contribution in [3.05, 3.63) is 53.8 Å². The molecule has 1 N–H and O–H groups in total. The van der Waals surface area contributed by atoms with Crippen LogP contribution in [0.5, 0.6) is 17.2 Å². The van der Waals surface area contributed by atoms with E-state index in [9.17, 15) is 4.39 Å². The molecule has 1 fully saturated rings. The molecule has 126 valence electrons. The minimum atomic E-state index is -2.54. The molecule has 0 radical (unpaired) electrons. The highest BCUT2D eigenvalue weighted by Gasteiger charge is 2.27. The summed E-state index contributed by atoms with van der Waals surface area (Å²) in [5.74, 6) is -1.85. The van der Waals surface area contributed by atoms with Gasteiger partial charge in [-0.05, 0) is 48.7 Å². The number of hydrogen-bond donors (Lipinski definition) is 1. The van der Waals surface area contributed by atoms with E-state index in [1.165, 1.54) is 36.4 Å². The third-order valence-corrected chi connectivity index (χ3v) is 3.99. The van der Waals surface area contributed by atoms with Crippen molar-refractivity contribution in [1.82, 2.24) is 5.32 Å². The Kier molecular flexibility index (Phi) is 2.76. The molecule has 5 heteroatoms. The first-order chi connectivity index (χ1) is 14.0. The maximum Gasteiger partial charge on any atom is 0.231 e. The van der Waals surface area contributed by atoms with Gasteiger partial charge in [0.1, 0.15) is 11.6 Å². The zero-order valence-electron chi connectivity index (χ0n) is 18.7. The molecule has 2 atom stereocenters. The highest BCUT2D eigenvalue weighted by molar-refractivity contribution is 5.46. The van der Waals surface area contributed by atoms with Gasteiger partial charge in [0.2, 0.25) is 6.79 Å². The van der Waals surface area contributed by atoms with Gasteiger partial charge in [0.15, 0.2) is 11.5 Å². The fraction of sp³-hybridized carbons (Fsp3) is 0.368. The number of piperidine rings is 1. The third kappa shape index (κ3) is 3.17. The number of nitrogens with one attached hydrogen (secondary N) is 1. The van der Waals surface area contributed by atoms with Crippen LogP contribution in [0.1, 0.15) is 26.1 Å². The van der Waals surface area contributed by atoms with Gasteiger partial charge in [-0.25, -0.2) is 4.39 Å². The van der Waals surface area contributed by atoms with Crippen LogP contribution in [0.25, 0.3) is 0 Å². The van der Waals surface area contributed by atoms with Crippen LogP contribution in [-0.2, 0) is 0 Å². The summed E-state index contributed by atoms with van der Waals surface area (Å²) in [7, 11) is 0. The lowest BCUT2D eigenvalue weighted by molar-refractivity contribution is 0.173. The fourth-order valence-electron chi connectivity index (χ4n) is 2.71. The molecule has 2 heterocycles. The van der Waals surface area contributed by atoms with Crippen molar-refractivity contribution in [3.8, 4) is 17.2 Å². The lowest BCUT2D eigenvalue weighted by Crippen LogP contribution is -2.38. The summed E-state index contributed by atoms with van der Waals surface area (Å²) in [4.78, 5) is 0. The molecule has 0 bridgehead atoms. The highest BCUT2D eigenvalue weighted by Crippen LogP contribution is 2.36. The van der Waals surface area contributed by atoms with Crippen LogP contribution in [0.15, 0.2) is 42.5 Å². The van der Waals surface area contributed by atoms with Crippen LogP contribution in [-0.4, -0.2) is 26.3 Å². The van der Waals surface area contributed by atoms with Gasteiger partial charge in [-0.2, -0.15) is 0 Å². The molecule has 1 saturated heterocycles. The van der Waals surface area contributed by atoms with Gasteiger partial charge in [0.05, 0.1) is 9.30 Å². The Balaban J connectivity index is 1.70. The van der Waals surface area contributed by atoms with E-state index < -0.39 is 37.2 Å². The van der Waals surface area contributed by atoms with Gasteiger partial charge in [0, 0.05) is 24.0 Å². The van der Waals surface area contributed by atoms with Gasteiger partial charge < -0.3 is 19.5 Å². The van der Waals surface area contributed by atoms with Crippen molar-refractivity contribution < 1.29 is 26.8 Å². The maximum absolute atomic E-state index is 13.4. The van der Waals surface area contributed by atoms with Gasteiger partial charge in [0.25, 0.3) is 0 Å². The Morgan fingerprint density at radius 3 is 2.92 bits per heavy atom. The van der Waals surface area contributed by atoms with E-state index in [1.807, 2.05) is 0 Å². The van der Waals surface area contributed by atoms with E-state index in [0.29, 0.717) is 17.1 Å². The topological polar surface area (TPSA) is 39.7 Å². The Bertz CT molecular complexity index is 940. The zero-order valence-corrected chi connectivity index (χ0v) is 12.7. The van der Waals surface area contributed by atoms with Gasteiger partial charge in [-0.15, -0.1) is 0 Å². The summed E-state index contributed by atoms with van der Waals surface area (Å²) in [5.41, 5.74) is 0.425. The second-order valence-electron chi connectivity index (χ2n) is 5.52. The van der Waals surface area contributed by atoms with Crippen LogP contribution < -0.4 is 19.5 Å². The second kappa shape index (κ2) is 6.69. The van der Waals surface area contributed by atoms with Crippen molar-refractivity contribution in [2.24, 2.45) is 5.92 Å². The first-order valence-electron chi connectivity index (χ1n) is 10.6. The first-order valence-corrected chi connectivity index (χ1v) is 7.60. The van der Waals surface area contributed by atoms with E-state index in [2.05, 4.69) is 5.32 Å². The van der Waals surface area contributed by atoms with Gasteiger partial charge in [-0.1, -0.05) is 12.1 Å². The third-order valence-electron chi connectivity index (χ3n) is 3.99. The van der Waals surface area contributed by atoms with Crippen molar-refractivity contribution in [1.29, 1.82) is 0 Å². The number of ether oxygens (including phenoxy) is 3. The van der Waals surface area contributed by atoms with Crippen LogP contribution >= 0.6 is 0 Å². The minimum absolute atomic E-state index is 0.0441. The molecule has 0 aliphatic carbocycles. The van der Waals surface area contributed by atoms with Crippen molar-refractivity contribution in [2.45, 2.75) is 12.3 Å². The van der Waals surface area contributed by atoms with Crippen molar-refractivity contribution >= 4 is 0 Å². The van der Waals surface area contributed by atoms with E-state index in [1.54, 1.807) is 6.07 Å². The quantitative estimate of drug-likeness (QED) is 0.930. The average molecular weight is 335 g/mol. The lowest BCUT2D eigenvalue weighted by Gasteiger charge is -2.32. The van der Waals surface area contributed by atoms with E-state index in [-0.39, 0.29) is 19.0 Å². The fourth-order valence-corrected chi connectivity index (χ4v) is 2.71. The Hall–Kier alpha value is -2.27. The van der Waals surface area contributed by atoms with Crippen LogP contribution in [0.3, 0.4) is 0 Å². The van der Waals surface area contributed by atoms with Crippen LogP contribution in [0, 0.1) is 11.7 Å². The molecule has 24 heavy (non-hydrogen) atoms. The summed E-state index contributed by atoms with van der Waals surface area (Å²) >= 11 is 0. The van der Waals surface area contributed by atoms with E-state index in [0.717, 1.165) is 0 Å². The molecule has 0 saturated carbocycles. The molecule has 4 rings (SSSR count). The number of rotatable bonds is 4. The molecule has 2 aliphatic rings. The molecule has 4 nitrogen and oxygen atoms in total. The largest absolute Gasteiger partial charge is 0.493 e. The highest BCUT2D eigenvalue weighted by atomic mass is 19.1. The summed E-state index contributed by atoms with van der Waals surface area (Å²) in [6.07, 6.45) is -0.215. The number of benzene rings is 2. The van der Waals surface area contributed by atoms with Crippen molar-refractivity contribution in [3.63, 3.8) is 0 Å². The summed E-state index contributed by atoms with van der Waals surface area (Å²) in [5, 5.41) is 2.25. The SMILES string of the molecule is [2H]C1([2H])C[C@@H](c2ccc(F)cc2)[C@H](C([2H])([2H])Oc2ccc3c(c2)OCO3)C([2H])([2H])N1. The predicted molar refractivity (Wildman–Crippen MR) is 88.2 cm³/mol. The van der Waals surface area contributed by atoms with Crippen LogP contribution in [0.4, 0.5) is 4.39 Å². The Morgan fingerprint density at radius 1 is 1.21 bits per heavy atom. The Morgan fingerprint density at radius 2 is 2.04 bits per heavy atom. The molecule has 0 unspecified atom stereocenters. The van der Waals surface area contributed by atoms with Gasteiger partial charge in [-0.3, -0.25) is 0 Å². The summed E-state index contributed by atoms with van der Waals surface area (Å²) in [6.45, 7) is -7.04. The zero-order chi connectivity index (χ0) is 21.7. The first kappa shape index (κ1) is 9.89. The average Bonchev–Trinajstić information content (AvgIpc) is 3.06. The van der Waals surface area contributed by atoms with E-state index >= 15 is 0 Å². The van der Waals surface area contributed by atoms with Crippen LogP contribution in [0.2, 0.25) is 0 Å². The molecule has 0 amide bonds. The minimum Gasteiger partial charge on any atom is -0.493 e. The number of halogens is 1. The predicted octanol–water partition coefficient (Wildman–Crippen LogP) is 3.33. The number of hydrogen-bond acceptors (Lipinski definition) is 4. The molecule has 2 aliphatic heterocycles. The standard InChI is InChI=1S/C19H20FNO3/c20-15-3-1-13(2-4-15)17-7-8-21-10-14(17)11-22-16-5-6-18-19(9-16)24-12-23-18/h1-6,9,14,17,21H,7-8,10-12H2/t14-,17-/m0/s1/i8D2,10D2,11D2. The Labute approximate surface area is 149 Å². The molecule has 0 aromatic heterocycles. The molecule has 2 aromatic carbocycles. The molecule has 0 spiro atoms. The molecule has 2 aromatic rings. The number of fused-ring (bicyclic) bond motifs is 1. The second-order valence-corrected chi connectivity index (χ2v) is 5.52. The smallest absolute Gasteiger partial charge is 0.231 e. The normalized spacial score (nSPS) is 30.9. The van der Waals surface area contributed by atoms with Crippen molar-refractivity contribution in [2.75, 3.05) is 26.3 Å². The maximum atomic E-state index is 13.4. The lowest BCUT2D eigenvalue weighted by atomic mass is 9.81. The molecular formula is C19H20FNO3. The molecular weight excluding hydrogens is 309 g/mol. The monoisotopic (exact) mass is 335 g/mol.